The van der Waals surface area contributed by atoms with E-state index in [-0.39, 0.29) is 34.3 Å². The van der Waals surface area contributed by atoms with Gasteiger partial charge in [0.25, 0.3) is 0 Å². The van der Waals surface area contributed by atoms with E-state index in [1.807, 2.05) is 6.08 Å². The Morgan fingerprint density at radius 1 is 1.19 bits per heavy atom. The summed E-state index contributed by atoms with van der Waals surface area (Å²) in [6, 6.07) is 0. The fourth-order valence-corrected chi connectivity index (χ4v) is 8.36. The molecule has 0 radical (unpaired) electrons. The molecule has 176 valence electrons. The van der Waals surface area contributed by atoms with Gasteiger partial charge >= 0.3 is 5.97 Å². The molecule has 1 unspecified atom stereocenters. The largest absolute Gasteiger partial charge is 0.450 e. The number of halogens is 1. The fourth-order valence-electron chi connectivity index (χ4n) is 7.96. The molecule has 0 bridgehead atoms. The van der Waals surface area contributed by atoms with Crippen molar-refractivity contribution in [3.63, 3.8) is 0 Å². The molecule has 0 saturated heterocycles. The van der Waals surface area contributed by atoms with Gasteiger partial charge in [0.05, 0.1) is 0 Å². The van der Waals surface area contributed by atoms with Gasteiger partial charge in [0, 0.05) is 29.5 Å². The minimum atomic E-state index is -1.04. The number of Topliss-reactive ketones (excluding diaryl/α,β-unsaturated/α-hetero) is 1. The second kappa shape index (κ2) is 8.52. The smallest absolute Gasteiger partial charge is 0.306 e. The van der Waals surface area contributed by atoms with E-state index in [0.717, 1.165) is 43.9 Å². The Kier molecular flexibility index (Phi) is 6.37. The molecule has 0 N–H and O–H groups in total. The summed E-state index contributed by atoms with van der Waals surface area (Å²) in [5.41, 5.74) is -0.204. The number of hydrogen-bond acceptors (Lipinski definition) is 4. The van der Waals surface area contributed by atoms with Crippen molar-refractivity contribution in [3.8, 4) is 0 Å². The quantitative estimate of drug-likeness (QED) is 0.253. The molecule has 2 fully saturated rings. The summed E-state index contributed by atoms with van der Waals surface area (Å²) in [5, 5.41) is 0.866. The van der Waals surface area contributed by atoms with Gasteiger partial charge in [-0.25, -0.2) is 0 Å². The zero-order valence-corrected chi connectivity index (χ0v) is 21.5. The number of fused-ring (bicyclic) bond motifs is 5. The lowest BCUT2D eigenvalue weighted by molar-refractivity contribution is -0.192. The third-order valence-electron chi connectivity index (χ3n) is 9.62. The number of rotatable bonds is 6. The Balaban J connectivity index is 1.68. The zero-order valence-electron chi connectivity index (χ0n) is 19.9. The molecule has 0 amide bonds. The van der Waals surface area contributed by atoms with Crippen molar-refractivity contribution in [3.05, 3.63) is 23.8 Å². The highest BCUT2D eigenvalue weighted by molar-refractivity contribution is 9.09. The summed E-state index contributed by atoms with van der Waals surface area (Å²) in [4.78, 5) is 38.2. The zero-order chi connectivity index (χ0) is 23.3. The van der Waals surface area contributed by atoms with E-state index in [0.29, 0.717) is 30.6 Å². The van der Waals surface area contributed by atoms with Crippen LogP contribution in [-0.4, -0.2) is 28.5 Å². The number of esters is 1. The molecule has 2 saturated carbocycles. The summed E-state index contributed by atoms with van der Waals surface area (Å²) in [5.74, 6) is 1.10. The standard InChI is InChI=1S/C27H37BrO4/c1-17-15-23-21-9-8-19-16-20(30)10-12-25(19,3)22(21)11-13-26(23,4)27(17,18(2)29)32-24(31)7-5-6-14-28/h8-9,16-17,21-23H,5-7,10-15H2,1-4H3/t17?,21-,22+,23+,25+,26+,27+/m1/s1. The van der Waals surface area contributed by atoms with Crippen LogP contribution in [0.25, 0.3) is 0 Å². The van der Waals surface area contributed by atoms with Crippen molar-refractivity contribution in [2.75, 3.05) is 5.33 Å². The number of ketones is 2. The van der Waals surface area contributed by atoms with Crippen molar-refractivity contribution in [1.29, 1.82) is 0 Å². The predicted molar refractivity (Wildman–Crippen MR) is 128 cm³/mol. The van der Waals surface area contributed by atoms with Crippen LogP contribution in [0.4, 0.5) is 0 Å². The molecule has 0 aromatic carbocycles. The number of unbranched alkanes of at least 4 members (excludes halogenated alkanes) is 1. The first-order chi connectivity index (χ1) is 15.1. The summed E-state index contributed by atoms with van der Waals surface area (Å²) in [6.07, 6.45) is 12.7. The van der Waals surface area contributed by atoms with Gasteiger partial charge in [0.15, 0.2) is 17.2 Å². The second-order valence-electron chi connectivity index (χ2n) is 11.1. The minimum Gasteiger partial charge on any atom is -0.450 e. The lowest BCUT2D eigenvalue weighted by Gasteiger charge is -2.57. The third kappa shape index (κ3) is 3.40. The van der Waals surface area contributed by atoms with Crippen LogP contribution in [0.2, 0.25) is 0 Å². The topological polar surface area (TPSA) is 60.4 Å². The molecule has 4 nitrogen and oxygen atoms in total. The Morgan fingerprint density at radius 2 is 1.94 bits per heavy atom. The molecule has 0 aliphatic heterocycles. The highest BCUT2D eigenvalue weighted by atomic mass is 79.9. The van der Waals surface area contributed by atoms with Crippen LogP contribution < -0.4 is 0 Å². The van der Waals surface area contributed by atoms with E-state index in [1.54, 1.807) is 6.92 Å². The Morgan fingerprint density at radius 3 is 2.62 bits per heavy atom. The van der Waals surface area contributed by atoms with E-state index < -0.39 is 5.60 Å². The first-order valence-corrected chi connectivity index (χ1v) is 13.4. The van der Waals surface area contributed by atoms with Crippen molar-refractivity contribution in [2.24, 2.45) is 34.5 Å². The van der Waals surface area contributed by atoms with Gasteiger partial charge in [0.1, 0.15) is 0 Å². The first-order valence-electron chi connectivity index (χ1n) is 12.3. The molecular weight excluding hydrogens is 468 g/mol. The van der Waals surface area contributed by atoms with Crippen molar-refractivity contribution < 1.29 is 19.1 Å². The maximum Gasteiger partial charge on any atom is 0.306 e. The molecule has 0 spiro atoms. The summed E-state index contributed by atoms with van der Waals surface area (Å²) >= 11 is 3.41. The van der Waals surface area contributed by atoms with Crippen LogP contribution >= 0.6 is 15.9 Å². The molecule has 4 aliphatic rings. The van der Waals surface area contributed by atoms with Gasteiger partial charge in [-0.3, -0.25) is 14.4 Å². The van der Waals surface area contributed by atoms with E-state index in [2.05, 4.69) is 48.9 Å². The molecule has 0 aromatic heterocycles. The average molecular weight is 505 g/mol. The van der Waals surface area contributed by atoms with Crippen molar-refractivity contribution in [2.45, 2.75) is 84.7 Å². The predicted octanol–water partition coefficient (Wildman–Crippen LogP) is 5.98. The summed E-state index contributed by atoms with van der Waals surface area (Å²) in [6.45, 7) is 8.25. The van der Waals surface area contributed by atoms with Gasteiger partial charge in [-0.1, -0.05) is 48.9 Å². The van der Waals surface area contributed by atoms with E-state index >= 15 is 0 Å². The first kappa shape index (κ1) is 23.9. The van der Waals surface area contributed by atoms with E-state index in [4.69, 9.17) is 4.74 Å². The van der Waals surface area contributed by atoms with Crippen LogP contribution in [0.1, 0.15) is 79.1 Å². The summed E-state index contributed by atoms with van der Waals surface area (Å²) in [7, 11) is 0. The van der Waals surface area contributed by atoms with Gasteiger partial charge < -0.3 is 4.74 Å². The fraction of sp³-hybridized carbons (Fsp3) is 0.741. The lowest BCUT2D eigenvalue weighted by Crippen LogP contribution is -2.59. The molecule has 5 heteroatoms. The number of carbonyl (C=O) groups excluding carboxylic acids is 3. The molecular formula is C27H37BrO4. The SMILES string of the molecule is CC(=O)[C@@]1(OC(=O)CCCCBr)C(C)C[C@H]2[C@@H]3C=CC4=CC(=O)CC[C@]4(C)[C@H]3CC[C@@]21C. The van der Waals surface area contributed by atoms with Crippen LogP contribution in [0.5, 0.6) is 0 Å². The molecule has 4 rings (SSSR count). The van der Waals surface area contributed by atoms with Gasteiger partial charge in [0.2, 0.25) is 0 Å². The Bertz CT molecular complexity index is 875. The minimum absolute atomic E-state index is 0.0000427. The number of carbonyl (C=O) groups is 3. The van der Waals surface area contributed by atoms with E-state index in [9.17, 15) is 14.4 Å². The molecule has 4 aliphatic carbocycles. The number of ether oxygens (including phenoxy) is 1. The molecule has 7 atom stereocenters. The highest BCUT2D eigenvalue weighted by Crippen LogP contribution is 2.68. The van der Waals surface area contributed by atoms with Crippen LogP contribution in [0.15, 0.2) is 23.8 Å². The second-order valence-corrected chi connectivity index (χ2v) is 11.9. The maximum absolute atomic E-state index is 13.2. The molecule has 0 aromatic rings. The number of alkyl halides is 1. The highest BCUT2D eigenvalue weighted by Gasteiger charge is 2.70. The van der Waals surface area contributed by atoms with Gasteiger partial charge in [-0.05, 0) is 80.3 Å². The summed E-state index contributed by atoms with van der Waals surface area (Å²) < 4.78 is 6.23. The van der Waals surface area contributed by atoms with Gasteiger partial charge in [-0.2, -0.15) is 0 Å². The average Bonchev–Trinajstić information content (AvgIpc) is 2.96. The van der Waals surface area contributed by atoms with Crippen LogP contribution in [0.3, 0.4) is 0 Å². The monoisotopic (exact) mass is 504 g/mol. The lowest BCUT2D eigenvalue weighted by atomic mass is 9.48. The maximum atomic E-state index is 13.2. The third-order valence-corrected chi connectivity index (χ3v) is 10.2. The van der Waals surface area contributed by atoms with Crippen LogP contribution in [-0.2, 0) is 19.1 Å². The Labute approximate surface area is 200 Å². The molecule has 32 heavy (non-hydrogen) atoms. The Hall–Kier alpha value is -1.23. The normalized spacial score (nSPS) is 42.5. The number of hydrogen-bond donors (Lipinski definition) is 0. The van der Waals surface area contributed by atoms with Crippen molar-refractivity contribution in [1.82, 2.24) is 0 Å². The molecule has 0 heterocycles. The van der Waals surface area contributed by atoms with Crippen LogP contribution in [0, 0.1) is 34.5 Å². The van der Waals surface area contributed by atoms with Gasteiger partial charge in [-0.15, -0.1) is 0 Å². The van der Waals surface area contributed by atoms with Crippen molar-refractivity contribution >= 4 is 33.5 Å². The van der Waals surface area contributed by atoms with E-state index in [1.165, 1.54) is 5.57 Å². The number of allylic oxidation sites excluding steroid dienone is 4.